The molecule has 9 nitrogen and oxygen atoms in total. The average molecular weight is 547 g/mol. The SMILES string of the molecule is CC(=O)O[C@@H]1C[C@@]2(C)C(CC3C2[C@H](C)[C@H](O)C2OC(=O)[C@@](C)(O)[C@]32C)C2C1[C@@]1(C)C[C@H]3O[C@H]3CC1C(=O)[C@@H]2O. The van der Waals surface area contributed by atoms with E-state index in [1.807, 2.05) is 13.8 Å². The van der Waals surface area contributed by atoms with Crippen LogP contribution in [-0.2, 0) is 28.6 Å². The maximum Gasteiger partial charge on any atom is 0.338 e. The van der Waals surface area contributed by atoms with Gasteiger partial charge in [0.2, 0.25) is 0 Å². The number of hydrogen-bond donors (Lipinski definition) is 3. The number of rotatable bonds is 1. The standard InChI is InChI=1S/C30H42O9/c1-11-20-14(29(5)25(22(11)32)39-26(35)30(29,6)36)7-13-19-21(18(37-12(2)31)10-27(13,20)3)28(4)9-17-16(38-17)8-15(28)23(33)24(19)34/h11,13-22,24-25,32,34,36H,7-10H2,1-6H3/t11-,13?,14?,15?,16-,17+,18+,19?,20?,21?,22-,24+,25?,27-,28-,29+,30+/m0/s1. The van der Waals surface area contributed by atoms with Crippen LogP contribution in [0.3, 0.4) is 0 Å². The van der Waals surface area contributed by atoms with E-state index in [9.17, 15) is 29.7 Å². The Kier molecular flexibility index (Phi) is 5.16. The van der Waals surface area contributed by atoms with Crippen molar-refractivity contribution in [1.29, 1.82) is 0 Å². The number of carbonyl (C=O) groups is 3. The molecule has 2 aliphatic heterocycles. The van der Waals surface area contributed by atoms with Crippen molar-refractivity contribution in [2.75, 3.05) is 0 Å². The molecule has 7 aliphatic rings. The summed E-state index contributed by atoms with van der Waals surface area (Å²) in [7, 11) is 0. The molecule has 3 N–H and O–H groups in total. The van der Waals surface area contributed by atoms with Gasteiger partial charge in [-0.25, -0.2) is 4.79 Å². The molecule has 0 aromatic carbocycles. The number of esters is 2. The monoisotopic (exact) mass is 546 g/mol. The van der Waals surface area contributed by atoms with Gasteiger partial charge in [-0.05, 0) is 67.1 Å². The summed E-state index contributed by atoms with van der Waals surface area (Å²) in [4.78, 5) is 39.2. The summed E-state index contributed by atoms with van der Waals surface area (Å²) in [5, 5.41) is 34.8. The van der Waals surface area contributed by atoms with Gasteiger partial charge in [-0.3, -0.25) is 9.59 Å². The molecule has 2 heterocycles. The second kappa shape index (κ2) is 7.64. The molecule has 7 unspecified atom stereocenters. The lowest BCUT2D eigenvalue weighted by Gasteiger charge is -2.63. The normalized spacial score (nSPS) is 62.5. The highest BCUT2D eigenvalue weighted by Crippen LogP contribution is 2.75. The Labute approximate surface area is 228 Å². The second-order valence-electron chi connectivity index (χ2n) is 15.0. The number of ether oxygens (including phenoxy) is 3. The van der Waals surface area contributed by atoms with Gasteiger partial charge in [-0.2, -0.15) is 0 Å². The molecule has 0 aromatic heterocycles. The summed E-state index contributed by atoms with van der Waals surface area (Å²) in [6.45, 7) is 11.0. The number of hydrogen-bond acceptors (Lipinski definition) is 9. The largest absolute Gasteiger partial charge is 0.462 e. The third-order valence-corrected chi connectivity index (χ3v) is 13.6. The number of epoxide rings is 1. The second-order valence-corrected chi connectivity index (χ2v) is 15.0. The van der Waals surface area contributed by atoms with Gasteiger partial charge in [0, 0.05) is 30.1 Å². The Morgan fingerprint density at radius 1 is 0.974 bits per heavy atom. The molecule has 5 saturated carbocycles. The number of ketones is 1. The fourth-order valence-corrected chi connectivity index (χ4v) is 11.7. The van der Waals surface area contributed by atoms with Crippen LogP contribution in [0.15, 0.2) is 0 Å². The first-order valence-corrected chi connectivity index (χ1v) is 14.7. The van der Waals surface area contributed by atoms with Crippen molar-refractivity contribution in [2.24, 2.45) is 57.7 Å². The smallest absolute Gasteiger partial charge is 0.338 e. The minimum absolute atomic E-state index is 0.0625. The quantitative estimate of drug-likeness (QED) is 0.330. The molecule has 7 rings (SSSR count). The van der Waals surface area contributed by atoms with Gasteiger partial charge in [-0.1, -0.05) is 27.7 Å². The van der Waals surface area contributed by atoms with Crippen LogP contribution in [0.1, 0.15) is 67.2 Å². The van der Waals surface area contributed by atoms with E-state index in [2.05, 4.69) is 13.8 Å². The maximum atomic E-state index is 13.9. The van der Waals surface area contributed by atoms with Gasteiger partial charge in [0.1, 0.15) is 18.3 Å². The summed E-state index contributed by atoms with van der Waals surface area (Å²) in [5.41, 5.74) is -3.84. The fraction of sp³-hybridized carbons (Fsp3) is 0.900. The zero-order chi connectivity index (χ0) is 28.2. The van der Waals surface area contributed by atoms with Crippen molar-refractivity contribution in [3.63, 3.8) is 0 Å². The maximum absolute atomic E-state index is 13.9. The van der Waals surface area contributed by atoms with E-state index >= 15 is 0 Å². The van der Waals surface area contributed by atoms with Crippen LogP contribution in [0.4, 0.5) is 0 Å². The Morgan fingerprint density at radius 2 is 1.67 bits per heavy atom. The van der Waals surface area contributed by atoms with Crippen LogP contribution in [0, 0.1) is 57.7 Å². The molecule has 5 aliphatic carbocycles. The highest BCUT2D eigenvalue weighted by molar-refractivity contribution is 5.88. The molecule has 0 bridgehead atoms. The molecule has 7 fully saturated rings. The third-order valence-electron chi connectivity index (χ3n) is 13.6. The summed E-state index contributed by atoms with van der Waals surface area (Å²) in [6, 6.07) is 0. The number of Topliss-reactive ketones (excluding diaryl/α,β-unsaturated/α-hetero) is 1. The minimum Gasteiger partial charge on any atom is -0.462 e. The van der Waals surface area contributed by atoms with E-state index in [0.29, 0.717) is 25.7 Å². The van der Waals surface area contributed by atoms with Crippen LogP contribution in [0.2, 0.25) is 0 Å². The lowest BCUT2D eigenvalue weighted by molar-refractivity contribution is -0.219. The fourth-order valence-electron chi connectivity index (χ4n) is 11.7. The summed E-state index contributed by atoms with van der Waals surface area (Å²) < 4.78 is 17.6. The number of fused-ring (bicyclic) bond motifs is 10. The van der Waals surface area contributed by atoms with E-state index in [4.69, 9.17) is 14.2 Å². The van der Waals surface area contributed by atoms with E-state index in [0.717, 1.165) is 0 Å². The molecule has 17 atom stereocenters. The molecule has 0 spiro atoms. The zero-order valence-electron chi connectivity index (χ0n) is 23.6. The summed E-state index contributed by atoms with van der Waals surface area (Å²) >= 11 is 0. The molecule has 39 heavy (non-hydrogen) atoms. The Balaban J connectivity index is 1.38. The molecule has 0 aromatic rings. The third kappa shape index (κ3) is 2.93. The predicted molar refractivity (Wildman–Crippen MR) is 135 cm³/mol. The van der Waals surface area contributed by atoms with Crippen molar-refractivity contribution >= 4 is 17.7 Å². The van der Waals surface area contributed by atoms with E-state index in [-0.39, 0.29) is 59.5 Å². The van der Waals surface area contributed by atoms with Gasteiger partial charge in [0.25, 0.3) is 0 Å². The van der Waals surface area contributed by atoms with Crippen LogP contribution >= 0.6 is 0 Å². The highest BCUT2D eigenvalue weighted by atomic mass is 16.6. The van der Waals surface area contributed by atoms with Gasteiger partial charge >= 0.3 is 11.9 Å². The number of aliphatic hydroxyl groups is 3. The molecule has 9 heteroatoms. The van der Waals surface area contributed by atoms with Gasteiger partial charge in [0.05, 0.1) is 18.3 Å². The minimum atomic E-state index is -1.79. The Morgan fingerprint density at radius 3 is 2.33 bits per heavy atom. The highest BCUT2D eigenvalue weighted by Gasteiger charge is 2.79. The summed E-state index contributed by atoms with van der Waals surface area (Å²) in [6.07, 6.45) is -0.961. The lowest BCUT2D eigenvalue weighted by Crippen LogP contribution is -2.67. The lowest BCUT2D eigenvalue weighted by atomic mass is 9.42. The van der Waals surface area contributed by atoms with Crippen molar-refractivity contribution in [3.8, 4) is 0 Å². The molecular formula is C30H42O9. The van der Waals surface area contributed by atoms with E-state index in [1.54, 1.807) is 0 Å². The first kappa shape index (κ1) is 26.4. The zero-order valence-corrected chi connectivity index (χ0v) is 23.6. The van der Waals surface area contributed by atoms with E-state index < -0.39 is 58.1 Å². The molecule has 0 radical (unpaired) electrons. The first-order valence-electron chi connectivity index (χ1n) is 14.7. The number of aliphatic hydroxyl groups excluding tert-OH is 2. The molecule has 0 amide bonds. The summed E-state index contributed by atoms with van der Waals surface area (Å²) in [5.74, 6) is -3.03. The van der Waals surface area contributed by atoms with Crippen molar-refractivity contribution in [3.05, 3.63) is 0 Å². The first-order chi connectivity index (χ1) is 18.1. The predicted octanol–water partition coefficient (Wildman–Crippen LogP) is 1.63. The van der Waals surface area contributed by atoms with Gasteiger partial charge < -0.3 is 29.5 Å². The van der Waals surface area contributed by atoms with Crippen molar-refractivity contribution in [2.45, 2.75) is 109 Å². The molecule has 2 saturated heterocycles. The Hall–Kier alpha value is -1.55. The van der Waals surface area contributed by atoms with Crippen molar-refractivity contribution < 1.29 is 43.9 Å². The molecular weight excluding hydrogens is 504 g/mol. The van der Waals surface area contributed by atoms with E-state index in [1.165, 1.54) is 13.8 Å². The average Bonchev–Trinajstić information content (AvgIpc) is 3.47. The topological polar surface area (TPSA) is 143 Å². The van der Waals surface area contributed by atoms with Gasteiger partial charge in [0.15, 0.2) is 11.4 Å². The van der Waals surface area contributed by atoms with Crippen LogP contribution in [0.25, 0.3) is 0 Å². The Bertz CT molecular complexity index is 1150. The van der Waals surface area contributed by atoms with Crippen LogP contribution in [0.5, 0.6) is 0 Å². The van der Waals surface area contributed by atoms with Crippen LogP contribution < -0.4 is 0 Å². The van der Waals surface area contributed by atoms with Gasteiger partial charge in [-0.15, -0.1) is 0 Å². The molecule has 216 valence electrons. The van der Waals surface area contributed by atoms with Crippen molar-refractivity contribution in [1.82, 2.24) is 0 Å². The number of carbonyl (C=O) groups excluding carboxylic acids is 3. The van der Waals surface area contributed by atoms with Crippen LogP contribution in [-0.4, -0.2) is 75.3 Å².